The summed E-state index contributed by atoms with van der Waals surface area (Å²) in [6.07, 6.45) is 14.9. The SMILES string of the molecule is c1cncc(-c2cnc3[nH]cc(-c4cnc5nccn5c4)c3c2)c1. The standard InChI is InChI=1S/C18H12N6/c1-2-12(7-19-3-1)13-6-15-16(10-22-17(15)21-8-13)14-9-23-18-20-4-5-24(18)11-14/h1-11H,(H,21,22). The lowest BCUT2D eigenvalue weighted by atomic mass is 10.1. The first-order chi connectivity index (χ1) is 11.9. The van der Waals surface area contributed by atoms with E-state index in [0.717, 1.165) is 33.3 Å². The Kier molecular flexibility index (Phi) is 2.69. The van der Waals surface area contributed by atoms with E-state index in [1.807, 2.05) is 53.7 Å². The minimum Gasteiger partial charge on any atom is -0.346 e. The maximum absolute atomic E-state index is 4.53. The van der Waals surface area contributed by atoms with Crippen LogP contribution in [0.4, 0.5) is 0 Å². The zero-order valence-electron chi connectivity index (χ0n) is 12.6. The van der Waals surface area contributed by atoms with Crippen molar-refractivity contribution < 1.29 is 0 Å². The molecule has 0 atom stereocenters. The summed E-state index contributed by atoms with van der Waals surface area (Å²) in [5.41, 5.74) is 5.00. The first-order valence-corrected chi connectivity index (χ1v) is 7.55. The predicted molar refractivity (Wildman–Crippen MR) is 91.3 cm³/mol. The molecule has 0 aliphatic heterocycles. The van der Waals surface area contributed by atoms with E-state index in [4.69, 9.17) is 0 Å². The lowest BCUT2D eigenvalue weighted by Gasteiger charge is -2.03. The van der Waals surface area contributed by atoms with Gasteiger partial charge >= 0.3 is 0 Å². The molecule has 24 heavy (non-hydrogen) atoms. The van der Waals surface area contributed by atoms with E-state index < -0.39 is 0 Å². The Bertz CT molecular complexity index is 1160. The Balaban J connectivity index is 1.71. The summed E-state index contributed by atoms with van der Waals surface area (Å²) in [4.78, 5) is 20.5. The number of hydrogen-bond donors (Lipinski definition) is 1. The molecule has 0 aliphatic rings. The van der Waals surface area contributed by atoms with Crippen LogP contribution in [0.25, 0.3) is 39.1 Å². The van der Waals surface area contributed by atoms with Crippen LogP contribution in [-0.4, -0.2) is 29.3 Å². The Hall–Kier alpha value is -3.54. The fourth-order valence-corrected chi connectivity index (χ4v) is 2.89. The smallest absolute Gasteiger partial charge is 0.233 e. The van der Waals surface area contributed by atoms with Crippen LogP contribution in [0.15, 0.2) is 67.8 Å². The van der Waals surface area contributed by atoms with Gasteiger partial charge in [-0.1, -0.05) is 6.07 Å². The van der Waals surface area contributed by atoms with E-state index in [0.29, 0.717) is 5.78 Å². The molecule has 5 aromatic heterocycles. The van der Waals surface area contributed by atoms with Crippen LogP contribution in [0.2, 0.25) is 0 Å². The van der Waals surface area contributed by atoms with Gasteiger partial charge in [0.15, 0.2) is 0 Å². The van der Waals surface area contributed by atoms with Crippen molar-refractivity contribution in [1.29, 1.82) is 0 Å². The third kappa shape index (κ3) is 1.97. The van der Waals surface area contributed by atoms with E-state index in [-0.39, 0.29) is 0 Å². The van der Waals surface area contributed by atoms with E-state index in [1.54, 1.807) is 12.4 Å². The van der Waals surface area contributed by atoms with Crippen molar-refractivity contribution in [3.8, 4) is 22.3 Å². The van der Waals surface area contributed by atoms with Gasteiger partial charge in [0.25, 0.3) is 0 Å². The zero-order valence-corrected chi connectivity index (χ0v) is 12.6. The van der Waals surface area contributed by atoms with Gasteiger partial charge in [0.05, 0.1) is 0 Å². The molecule has 114 valence electrons. The molecule has 0 saturated carbocycles. The molecule has 0 aromatic carbocycles. The van der Waals surface area contributed by atoms with Crippen LogP contribution in [0, 0.1) is 0 Å². The van der Waals surface area contributed by atoms with Gasteiger partial charge in [-0.2, -0.15) is 0 Å². The number of hydrogen-bond acceptors (Lipinski definition) is 4. The molecule has 5 aromatic rings. The molecule has 0 bridgehead atoms. The maximum atomic E-state index is 4.53. The van der Waals surface area contributed by atoms with Gasteiger partial charge < -0.3 is 4.98 Å². The maximum Gasteiger partial charge on any atom is 0.233 e. The molecule has 0 saturated heterocycles. The number of nitrogens with one attached hydrogen (secondary N) is 1. The van der Waals surface area contributed by atoms with Crippen molar-refractivity contribution in [2.45, 2.75) is 0 Å². The lowest BCUT2D eigenvalue weighted by molar-refractivity contribution is 1.11. The largest absolute Gasteiger partial charge is 0.346 e. The number of fused-ring (bicyclic) bond motifs is 2. The Morgan fingerprint density at radius 2 is 1.88 bits per heavy atom. The second-order valence-electron chi connectivity index (χ2n) is 5.54. The Labute approximate surface area is 136 Å². The summed E-state index contributed by atoms with van der Waals surface area (Å²) < 4.78 is 1.91. The third-order valence-electron chi connectivity index (χ3n) is 4.08. The Morgan fingerprint density at radius 1 is 0.917 bits per heavy atom. The highest BCUT2D eigenvalue weighted by molar-refractivity contribution is 5.95. The summed E-state index contributed by atoms with van der Waals surface area (Å²) in [7, 11) is 0. The van der Waals surface area contributed by atoms with Gasteiger partial charge in [0.2, 0.25) is 5.78 Å². The van der Waals surface area contributed by atoms with Crippen molar-refractivity contribution in [2.24, 2.45) is 0 Å². The molecule has 0 radical (unpaired) electrons. The molecule has 0 fully saturated rings. The highest BCUT2D eigenvalue weighted by Crippen LogP contribution is 2.30. The van der Waals surface area contributed by atoms with E-state index in [1.165, 1.54) is 0 Å². The molecule has 0 amide bonds. The molecule has 5 heterocycles. The van der Waals surface area contributed by atoms with Gasteiger partial charge in [0, 0.05) is 77.2 Å². The third-order valence-corrected chi connectivity index (χ3v) is 4.08. The van der Waals surface area contributed by atoms with Gasteiger partial charge in [0.1, 0.15) is 5.65 Å². The van der Waals surface area contributed by atoms with Crippen molar-refractivity contribution >= 4 is 16.8 Å². The summed E-state index contributed by atoms with van der Waals surface area (Å²) >= 11 is 0. The summed E-state index contributed by atoms with van der Waals surface area (Å²) in [6.45, 7) is 0. The average Bonchev–Trinajstić information content (AvgIpc) is 3.27. The molecule has 1 N–H and O–H groups in total. The molecule has 6 heteroatoms. The minimum atomic E-state index is 0.688. The average molecular weight is 312 g/mol. The molecule has 6 nitrogen and oxygen atoms in total. The molecule has 0 unspecified atom stereocenters. The quantitative estimate of drug-likeness (QED) is 0.542. The fourth-order valence-electron chi connectivity index (χ4n) is 2.89. The normalized spacial score (nSPS) is 11.3. The van der Waals surface area contributed by atoms with Crippen LogP contribution in [-0.2, 0) is 0 Å². The van der Waals surface area contributed by atoms with Crippen molar-refractivity contribution in [2.75, 3.05) is 0 Å². The van der Waals surface area contributed by atoms with Gasteiger partial charge in [-0.15, -0.1) is 0 Å². The number of aromatic nitrogens is 6. The highest BCUT2D eigenvalue weighted by atomic mass is 15.1. The first-order valence-electron chi connectivity index (χ1n) is 7.55. The molecule has 0 aliphatic carbocycles. The van der Waals surface area contributed by atoms with Crippen molar-refractivity contribution in [3.63, 3.8) is 0 Å². The molecule has 0 spiro atoms. The Morgan fingerprint density at radius 3 is 2.79 bits per heavy atom. The lowest BCUT2D eigenvalue weighted by Crippen LogP contribution is -1.89. The fraction of sp³-hybridized carbons (Fsp3) is 0. The van der Waals surface area contributed by atoms with E-state index in [9.17, 15) is 0 Å². The monoisotopic (exact) mass is 312 g/mol. The minimum absolute atomic E-state index is 0.688. The summed E-state index contributed by atoms with van der Waals surface area (Å²) in [5, 5.41) is 1.05. The second kappa shape index (κ2) is 4.99. The van der Waals surface area contributed by atoms with Crippen molar-refractivity contribution in [3.05, 3.63) is 67.8 Å². The molecular weight excluding hydrogens is 300 g/mol. The topological polar surface area (TPSA) is 71.8 Å². The number of rotatable bonds is 2. The van der Waals surface area contributed by atoms with Crippen LogP contribution >= 0.6 is 0 Å². The van der Waals surface area contributed by atoms with Crippen molar-refractivity contribution in [1.82, 2.24) is 29.3 Å². The van der Waals surface area contributed by atoms with Crippen LogP contribution in [0.1, 0.15) is 0 Å². The number of H-pyrrole nitrogens is 1. The van der Waals surface area contributed by atoms with E-state index >= 15 is 0 Å². The van der Waals surface area contributed by atoms with Crippen LogP contribution < -0.4 is 0 Å². The predicted octanol–water partition coefficient (Wildman–Crippen LogP) is 3.33. The zero-order chi connectivity index (χ0) is 15.9. The number of nitrogens with zero attached hydrogens (tertiary/aromatic N) is 5. The first kappa shape index (κ1) is 13.0. The van der Waals surface area contributed by atoms with Crippen LogP contribution in [0.3, 0.4) is 0 Å². The van der Waals surface area contributed by atoms with Gasteiger partial charge in [-0.3, -0.25) is 9.38 Å². The van der Waals surface area contributed by atoms with Gasteiger partial charge in [-0.25, -0.2) is 15.0 Å². The number of imidazole rings is 1. The van der Waals surface area contributed by atoms with Gasteiger partial charge in [-0.05, 0) is 12.1 Å². The molecular formula is C18H12N6. The number of pyridine rings is 2. The highest BCUT2D eigenvalue weighted by Gasteiger charge is 2.10. The number of aromatic amines is 1. The summed E-state index contributed by atoms with van der Waals surface area (Å²) in [5.74, 6) is 0.688. The summed E-state index contributed by atoms with van der Waals surface area (Å²) in [6, 6.07) is 6.08. The van der Waals surface area contributed by atoms with Crippen LogP contribution in [0.5, 0.6) is 0 Å². The van der Waals surface area contributed by atoms with E-state index in [2.05, 4.69) is 31.0 Å². The second-order valence-corrected chi connectivity index (χ2v) is 5.54. The molecule has 5 rings (SSSR count).